The van der Waals surface area contributed by atoms with Crippen LogP contribution >= 0.6 is 0 Å². The summed E-state index contributed by atoms with van der Waals surface area (Å²) < 4.78 is 17.0. The molecule has 3 heterocycles. The Kier molecular flexibility index (Phi) is 8.09. The van der Waals surface area contributed by atoms with Crippen molar-refractivity contribution in [1.82, 2.24) is 9.80 Å². The lowest BCUT2D eigenvalue weighted by Gasteiger charge is -2.47. The number of aliphatic carboxylic acids is 1. The summed E-state index contributed by atoms with van der Waals surface area (Å²) in [6.07, 6.45) is 3.94. The molecule has 4 rings (SSSR count). The highest BCUT2D eigenvalue weighted by atomic mass is 16.6. The fraction of sp³-hybridized carbons (Fsp3) is 0.704. The normalized spacial score (nSPS) is 26.6. The predicted molar refractivity (Wildman–Crippen MR) is 132 cm³/mol. The van der Waals surface area contributed by atoms with Gasteiger partial charge in [-0.05, 0) is 73.1 Å². The average Bonchev–Trinajstić information content (AvgIpc) is 2.85. The second-order valence-electron chi connectivity index (χ2n) is 10.8. The number of carbonyl (C=O) groups excluding carboxylic acids is 1. The van der Waals surface area contributed by atoms with Gasteiger partial charge in [0.1, 0.15) is 0 Å². The molecular formula is C27H40N2O6. The van der Waals surface area contributed by atoms with Gasteiger partial charge in [0.25, 0.3) is 0 Å². The van der Waals surface area contributed by atoms with Crippen LogP contribution in [0, 0.1) is 23.7 Å². The van der Waals surface area contributed by atoms with E-state index >= 15 is 0 Å². The SMILES string of the molecule is COc1cc2c(cc1OC)[C@H]1C[C@@H](COC(=O)N3CCCC(C(=O)O)C3)[C@H](CC(C)C)CN1CC2. The quantitative estimate of drug-likeness (QED) is 0.615. The van der Waals surface area contributed by atoms with Crippen molar-refractivity contribution in [2.24, 2.45) is 23.7 Å². The number of rotatable bonds is 7. The molecule has 8 nitrogen and oxygen atoms in total. The Hall–Kier alpha value is -2.48. The molecule has 0 aliphatic carbocycles. The topological polar surface area (TPSA) is 88.5 Å². The lowest BCUT2D eigenvalue weighted by Crippen LogP contribution is -2.48. The predicted octanol–water partition coefficient (Wildman–Crippen LogP) is 4.22. The highest BCUT2D eigenvalue weighted by Gasteiger charge is 2.40. The number of likely N-dealkylation sites (tertiary alicyclic amines) is 1. The lowest BCUT2D eigenvalue weighted by atomic mass is 9.74. The third-order valence-corrected chi connectivity index (χ3v) is 8.00. The van der Waals surface area contributed by atoms with Gasteiger partial charge in [0.05, 0.1) is 26.7 Å². The minimum Gasteiger partial charge on any atom is -0.493 e. The highest BCUT2D eigenvalue weighted by Crippen LogP contribution is 2.45. The van der Waals surface area contributed by atoms with Crippen molar-refractivity contribution in [1.29, 1.82) is 0 Å². The Labute approximate surface area is 208 Å². The molecule has 0 spiro atoms. The van der Waals surface area contributed by atoms with Crippen LogP contribution in [0.5, 0.6) is 11.5 Å². The first-order valence-corrected chi connectivity index (χ1v) is 12.9. The molecule has 194 valence electrons. The Balaban J connectivity index is 1.49. The van der Waals surface area contributed by atoms with E-state index in [9.17, 15) is 14.7 Å². The molecule has 1 N–H and O–H groups in total. The Morgan fingerprint density at radius 1 is 1.09 bits per heavy atom. The van der Waals surface area contributed by atoms with Gasteiger partial charge in [-0.1, -0.05) is 13.8 Å². The second kappa shape index (κ2) is 11.1. The van der Waals surface area contributed by atoms with Gasteiger partial charge in [0.15, 0.2) is 11.5 Å². The molecule has 1 amide bonds. The monoisotopic (exact) mass is 488 g/mol. The van der Waals surface area contributed by atoms with E-state index in [1.807, 2.05) is 0 Å². The maximum absolute atomic E-state index is 12.8. The van der Waals surface area contributed by atoms with Crippen molar-refractivity contribution in [2.45, 2.75) is 52.0 Å². The number of amides is 1. The van der Waals surface area contributed by atoms with E-state index in [1.54, 1.807) is 19.1 Å². The summed E-state index contributed by atoms with van der Waals surface area (Å²) in [6, 6.07) is 4.49. The van der Waals surface area contributed by atoms with Gasteiger partial charge in [-0.15, -0.1) is 0 Å². The van der Waals surface area contributed by atoms with Crippen molar-refractivity contribution >= 4 is 12.1 Å². The van der Waals surface area contributed by atoms with E-state index in [1.165, 1.54) is 11.1 Å². The van der Waals surface area contributed by atoms with E-state index in [2.05, 4.69) is 30.9 Å². The van der Waals surface area contributed by atoms with Crippen LogP contribution in [-0.2, 0) is 16.0 Å². The Morgan fingerprint density at radius 3 is 2.51 bits per heavy atom. The van der Waals surface area contributed by atoms with E-state index in [-0.39, 0.29) is 24.6 Å². The number of hydrogen-bond acceptors (Lipinski definition) is 6. The number of fused-ring (bicyclic) bond motifs is 3. The first-order valence-electron chi connectivity index (χ1n) is 12.9. The summed E-state index contributed by atoms with van der Waals surface area (Å²) in [5, 5.41) is 9.35. The number of carboxylic acids is 1. The smallest absolute Gasteiger partial charge is 0.409 e. The molecule has 35 heavy (non-hydrogen) atoms. The molecule has 3 aliphatic heterocycles. The standard InChI is InChI=1S/C27H40N2O6/c1-17(2)10-20-15-28-9-7-18-12-24(33-3)25(34-4)13-22(18)23(28)11-21(20)16-35-27(32)29-8-5-6-19(14-29)26(30)31/h12-13,17,19-21,23H,5-11,14-16H2,1-4H3,(H,30,31)/t19?,20-,21+,23-/m1/s1. The first kappa shape index (κ1) is 25.6. The van der Waals surface area contributed by atoms with Crippen LogP contribution in [0.4, 0.5) is 4.79 Å². The average molecular weight is 489 g/mol. The van der Waals surface area contributed by atoms with Gasteiger partial charge in [0.2, 0.25) is 0 Å². The molecule has 4 atom stereocenters. The van der Waals surface area contributed by atoms with Gasteiger partial charge < -0.3 is 24.2 Å². The van der Waals surface area contributed by atoms with E-state index < -0.39 is 11.9 Å². The van der Waals surface area contributed by atoms with Gasteiger partial charge in [-0.2, -0.15) is 0 Å². The van der Waals surface area contributed by atoms with Crippen molar-refractivity contribution < 1.29 is 28.9 Å². The van der Waals surface area contributed by atoms with Crippen molar-refractivity contribution in [3.05, 3.63) is 23.3 Å². The van der Waals surface area contributed by atoms with Gasteiger partial charge in [-0.25, -0.2) is 4.79 Å². The maximum Gasteiger partial charge on any atom is 0.409 e. The van der Waals surface area contributed by atoms with Crippen molar-refractivity contribution in [3.8, 4) is 11.5 Å². The molecule has 2 saturated heterocycles. The van der Waals surface area contributed by atoms with Crippen LogP contribution in [-0.4, -0.2) is 74.0 Å². The number of nitrogens with zero attached hydrogens (tertiary/aromatic N) is 2. The zero-order valence-corrected chi connectivity index (χ0v) is 21.5. The zero-order valence-electron chi connectivity index (χ0n) is 21.5. The van der Waals surface area contributed by atoms with Gasteiger partial charge in [-0.3, -0.25) is 9.69 Å². The van der Waals surface area contributed by atoms with E-state index in [0.717, 1.165) is 43.9 Å². The molecule has 3 aliphatic rings. The Morgan fingerprint density at radius 2 is 1.83 bits per heavy atom. The molecule has 0 bridgehead atoms. The first-order chi connectivity index (χ1) is 16.8. The van der Waals surface area contributed by atoms with E-state index in [0.29, 0.717) is 37.8 Å². The number of hydrogen-bond donors (Lipinski definition) is 1. The van der Waals surface area contributed by atoms with E-state index in [4.69, 9.17) is 14.2 Å². The van der Waals surface area contributed by atoms with Crippen molar-refractivity contribution in [2.75, 3.05) is 47.0 Å². The molecule has 1 unspecified atom stereocenters. The molecule has 0 radical (unpaired) electrons. The number of methoxy groups -OCH3 is 2. The Bertz CT molecular complexity index is 919. The van der Waals surface area contributed by atoms with Crippen LogP contribution in [0.2, 0.25) is 0 Å². The molecule has 8 heteroatoms. The van der Waals surface area contributed by atoms with Crippen LogP contribution in [0.1, 0.15) is 56.7 Å². The largest absolute Gasteiger partial charge is 0.493 e. The summed E-state index contributed by atoms with van der Waals surface area (Å²) in [5.74, 6) is 1.44. The fourth-order valence-corrected chi connectivity index (χ4v) is 6.19. The van der Waals surface area contributed by atoms with Crippen LogP contribution in [0.3, 0.4) is 0 Å². The number of carboxylic acid groups (broad SMARTS) is 1. The minimum absolute atomic E-state index is 0.236. The summed E-state index contributed by atoms with van der Waals surface area (Å²) in [7, 11) is 3.34. The third kappa shape index (κ3) is 5.68. The number of ether oxygens (including phenoxy) is 3. The molecule has 0 aromatic heterocycles. The molecular weight excluding hydrogens is 448 g/mol. The summed E-state index contributed by atoms with van der Waals surface area (Å²) in [4.78, 5) is 28.4. The molecule has 0 saturated carbocycles. The van der Waals surface area contributed by atoms with Crippen LogP contribution in [0.15, 0.2) is 12.1 Å². The third-order valence-electron chi connectivity index (χ3n) is 8.00. The summed E-state index contributed by atoms with van der Waals surface area (Å²) >= 11 is 0. The number of benzene rings is 1. The molecule has 1 aromatic rings. The minimum atomic E-state index is -0.838. The summed E-state index contributed by atoms with van der Waals surface area (Å²) in [6.45, 7) is 7.67. The fourth-order valence-electron chi connectivity index (χ4n) is 6.19. The number of piperidine rings is 2. The number of carbonyl (C=O) groups is 2. The molecule has 2 fully saturated rings. The maximum atomic E-state index is 12.8. The van der Waals surface area contributed by atoms with Crippen LogP contribution in [0.25, 0.3) is 0 Å². The van der Waals surface area contributed by atoms with Crippen molar-refractivity contribution in [3.63, 3.8) is 0 Å². The second-order valence-corrected chi connectivity index (χ2v) is 10.8. The van der Waals surface area contributed by atoms with Crippen LogP contribution < -0.4 is 9.47 Å². The summed E-state index contributed by atoms with van der Waals surface area (Å²) in [5.41, 5.74) is 2.59. The lowest BCUT2D eigenvalue weighted by molar-refractivity contribution is -0.143. The molecule has 1 aromatic carbocycles. The zero-order chi connectivity index (χ0) is 25.1. The van der Waals surface area contributed by atoms with Gasteiger partial charge >= 0.3 is 12.1 Å². The highest BCUT2D eigenvalue weighted by molar-refractivity contribution is 5.73. The van der Waals surface area contributed by atoms with Gasteiger partial charge in [0, 0.05) is 32.2 Å².